The highest BCUT2D eigenvalue weighted by atomic mass is 16.7. The number of benzene rings is 2. The minimum Gasteiger partial charge on any atom is -0.387 e. The molecule has 1 saturated heterocycles. The number of carbonyl (C=O) groups excluding carboxylic acids is 4. The van der Waals surface area contributed by atoms with Gasteiger partial charge < -0.3 is 36.1 Å². The van der Waals surface area contributed by atoms with Crippen LogP contribution in [0.4, 0.5) is 4.79 Å². The number of urea groups is 1. The molecule has 5 rings (SSSR count). The van der Waals surface area contributed by atoms with Crippen LogP contribution < -0.4 is 21.3 Å². The van der Waals surface area contributed by atoms with Crippen molar-refractivity contribution in [1.29, 1.82) is 0 Å². The fourth-order valence-corrected chi connectivity index (χ4v) is 6.29. The second-order valence-electron chi connectivity index (χ2n) is 14.3. The van der Waals surface area contributed by atoms with E-state index >= 15 is 0 Å². The molecule has 1 unspecified atom stereocenters. The number of aliphatic hydroxyl groups excluding tert-OH is 1. The topological polar surface area (TPSA) is 161 Å². The van der Waals surface area contributed by atoms with E-state index in [4.69, 9.17) is 4.84 Å². The van der Waals surface area contributed by atoms with Gasteiger partial charge in [-0.3, -0.25) is 14.4 Å². The molecule has 1 aliphatic carbocycles. The van der Waals surface area contributed by atoms with E-state index in [-0.39, 0.29) is 25.6 Å². The van der Waals surface area contributed by atoms with Crippen molar-refractivity contribution in [1.82, 2.24) is 26.2 Å². The van der Waals surface area contributed by atoms with Gasteiger partial charge in [-0.05, 0) is 35.8 Å². The fourth-order valence-electron chi connectivity index (χ4n) is 6.29. The Balaban J connectivity index is 1.37. The molecule has 2 heterocycles. The van der Waals surface area contributed by atoms with Gasteiger partial charge in [0.2, 0.25) is 11.8 Å². The quantitative estimate of drug-likeness (QED) is 0.235. The maximum absolute atomic E-state index is 14.5. The van der Waals surface area contributed by atoms with Crippen LogP contribution in [0.15, 0.2) is 65.8 Å². The molecule has 0 radical (unpaired) electrons. The first kappa shape index (κ1) is 34.9. The van der Waals surface area contributed by atoms with Crippen LogP contribution in [0.1, 0.15) is 77.3 Å². The summed E-state index contributed by atoms with van der Waals surface area (Å²) >= 11 is 0. The first-order valence-electron chi connectivity index (χ1n) is 16.9. The molecule has 2 fully saturated rings. The van der Waals surface area contributed by atoms with Crippen LogP contribution in [0.5, 0.6) is 0 Å². The SMILES string of the molecule is CCC[C@H](NC(=O)[C@@H]1C[C@]2(CC(c3ccccc3)=NO2)CN1C(=O)[C@@H](NC(=O)NCc1ccccc1)C(C)(C)C)C(O)C(=O)NC1CC1. The lowest BCUT2D eigenvalue weighted by Crippen LogP contribution is -2.60. The number of nitrogens with one attached hydrogen (secondary N) is 4. The molecule has 2 aromatic carbocycles. The lowest BCUT2D eigenvalue weighted by Gasteiger charge is -2.36. The Hall–Kier alpha value is -4.45. The zero-order valence-electron chi connectivity index (χ0n) is 28.2. The van der Waals surface area contributed by atoms with E-state index in [9.17, 15) is 24.3 Å². The Morgan fingerprint density at radius 1 is 1.02 bits per heavy atom. The lowest BCUT2D eigenvalue weighted by atomic mass is 9.85. The molecule has 5 N–H and O–H groups in total. The third kappa shape index (κ3) is 8.52. The van der Waals surface area contributed by atoms with Gasteiger partial charge in [-0.25, -0.2) is 4.79 Å². The van der Waals surface area contributed by atoms with Crippen molar-refractivity contribution in [2.75, 3.05) is 6.54 Å². The Bertz CT molecular complexity index is 1490. The number of likely N-dealkylation sites (tertiary alicyclic amines) is 1. The largest absolute Gasteiger partial charge is 0.387 e. The average Bonchev–Trinajstić information content (AvgIpc) is 3.66. The van der Waals surface area contributed by atoms with Crippen LogP contribution in [-0.2, 0) is 25.8 Å². The van der Waals surface area contributed by atoms with Gasteiger partial charge in [0.1, 0.15) is 12.1 Å². The van der Waals surface area contributed by atoms with Crippen molar-refractivity contribution >= 4 is 29.5 Å². The van der Waals surface area contributed by atoms with E-state index in [1.54, 1.807) is 0 Å². The second-order valence-corrected chi connectivity index (χ2v) is 14.3. The molecule has 5 amide bonds. The molecule has 0 aromatic heterocycles. The molecule has 0 bridgehead atoms. The maximum atomic E-state index is 14.5. The van der Waals surface area contributed by atoms with Crippen molar-refractivity contribution in [3.05, 3.63) is 71.8 Å². The first-order valence-corrected chi connectivity index (χ1v) is 16.9. The number of nitrogens with zero attached hydrogens (tertiary/aromatic N) is 2. The third-order valence-corrected chi connectivity index (χ3v) is 9.12. The van der Waals surface area contributed by atoms with Crippen LogP contribution in [-0.4, -0.2) is 81.9 Å². The molecule has 1 spiro atoms. The minimum absolute atomic E-state index is 0.0537. The fraction of sp³-hybridized carbons (Fsp3) is 0.528. The zero-order valence-corrected chi connectivity index (χ0v) is 28.2. The number of amides is 5. The molecule has 5 atom stereocenters. The second kappa shape index (κ2) is 14.8. The first-order chi connectivity index (χ1) is 22.9. The van der Waals surface area contributed by atoms with E-state index in [2.05, 4.69) is 26.4 Å². The normalized spacial score (nSPS) is 22.2. The van der Waals surface area contributed by atoms with E-state index in [1.165, 1.54) is 4.90 Å². The van der Waals surface area contributed by atoms with Crippen LogP contribution in [0, 0.1) is 5.41 Å². The van der Waals surface area contributed by atoms with E-state index in [0.717, 1.165) is 24.0 Å². The van der Waals surface area contributed by atoms with Crippen LogP contribution >= 0.6 is 0 Å². The highest BCUT2D eigenvalue weighted by Gasteiger charge is 2.55. The number of oxime groups is 1. The highest BCUT2D eigenvalue weighted by molar-refractivity contribution is 6.02. The monoisotopic (exact) mass is 660 g/mol. The van der Waals surface area contributed by atoms with Crippen molar-refractivity contribution in [3.63, 3.8) is 0 Å². The molecule has 12 nitrogen and oxygen atoms in total. The standard InChI is InChI=1S/C36H48N6O6/c1-5-12-26(29(43)32(45)38-25-17-18-25)39-31(44)28-20-36(19-27(41-48-36)24-15-10-7-11-16-24)22-42(28)33(46)30(35(2,3)4)40-34(47)37-21-23-13-8-6-9-14-23/h6-11,13-16,25-26,28-30,43H,5,12,17-22H2,1-4H3,(H,38,45)(H,39,44)(H2,37,40,47)/t26-,28-,29?,30+,36+/m0/s1. The van der Waals surface area contributed by atoms with Gasteiger partial charge in [-0.15, -0.1) is 0 Å². The summed E-state index contributed by atoms with van der Waals surface area (Å²) in [5.74, 6) is -1.47. The van der Waals surface area contributed by atoms with Crippen molar-refractivity contribution < 1.29 is 29.1 Å². The Labute approximate surface area is 282 Å². The summed E-state index contributed by atoms with van der Waals surface area (Å²) < 4.78 is 0. The highest BCUT2D eigenvalue weighted by Crippen LogP contribution is 2.40. The Morgan fingerprint density at radius 3 is 2.31 bits per heavy atom. The molecule has 1 saturated carbocycles. The minimum atomic E-state index is -1.44. The molecular formula is C36H48N6O6. The van der Waals surface area contributed by atoms with Crippen LogP contribution in [0.2, 0.25) is 0 Å². The molecule has 3 aliphatic rings. The van der Waals surface area contributed by atoms with Gasteiger partial charge in [0.25, 0.3) is 5.91 Å². The van der Waals surface area contributed by atoms with Gasteiger partial charge >= 0.3 is 6.03 Å². The third-order valence-electron chi connectivity index (χ3n) is 9.12. The summed E-state index contributed by atoms with van der Waals surface area (Å²) in [6, 6.07) is 15.7. The van der Waals surface area contributed by atoms with E-state index < -0.39 is 59.0 Å². The summed E-state index contributed by atoms with van der Waals surface area (Å²) in [5.41, 5.74) is 0.820. The van der Waals surface area contributed by atoms with Crippen molar-refractivity contribution in [2.45, 2.75) is 109 Å². The number of aliphatic hydroxyl groups is 1. The van der Waals surface area contributed by atoms with Crippen LogP contribution in [0.25, 0.3) is 0 Å². The number of hydrogen-bond acceptors (Lipinski definition) is 7. The zero-order chi connectivity index (χ0) is 34.5. The Kier molecular flexibility index (Phi) is 10.7. The molecule has 258 valence electrons. The summed E-state index contributed by atoms with van der Waals surface area (Å²) in [4.78, 5) is 62.0. The molecule has 2 aliphatic heterocycles. The van der Waals surface area contributed by atoms with Gasteiger partial charge in [-0.1, -0.05) is 99.9 Å². The summed E-state index contributed by atoms with van der Waals surface area (Å²) in [5, 5.41) is 26.7. The number of carbonyl (C=O) groups is 4. The van der Waals surface area contributed by atoms with Crippen LogP contribution in [0.3, 0.4) is 0 Å². The average molecular weight is 661 g/mol. The summed E-state index contributed by atoms with van der Waals surface area (Å²) in [6.07, 6.45) is 1.78. The molecule has 2 aromatic rings. The van der Waals surface area contributed by atoms with Crippen molar-refractivity contribution in [3.8, 4) is 0 Å². The predicted octanol–water partition coefficient (Wildman–Crippen LogP) is 2.99. The van der Waals surface area contributed by atoms with E-state index in [0.29, 0.717) is 25.0 Å². The van der Waals surface area contributed by atoms with Crippen molar-refractivity contribution in [2.24, 2.45) is 10.6 Å². The van der Waals surface area contributed by atoms with Gasteiger partial charge in [0, 0.05) is 25.4 Å². The molecule has 48 heavy (non-hydrogen) atoms. The number of hydrogen-bond donors (Lipinski definition) is 5. The molecular weight excluding hydrogens is 612 g/mol. The molecule has 12 heteroatoms. The van der Waals surface area contributed by atoms with Gasteiger partial charge in [-0.2, -0.15) is 0 Å². The number of rotatable bonds is 12. The predicted molar refractivity (Wildman–Crippen MR) is 181 cm³/mol. The van der Waals surface area contributed by atoms with Gasteiger partial charge in [0.15, 0.2) is 11.7 Å². The maximum Gasteiger partial charge on any atom is 0.315 e. The van der Waals surface area contributed by atoms with Gasteiger partial charge in [0.05, 0.1) is 18.3 Å². The summed E-state index contributed by atoms with van der Waals surface area (Å²) in [7, 11) is 0. The smallest absolute Gasteiger partial charge is 0.315 e. The van der Waals surface area contributed by atoms with E-state index in [1.807, 2.05) is 88.4 Å². The Morgan fingerprint density at radius 2 is 1.69 bits per heavy atom. The summed E-state index contributed by atoms with van der Waals surface area (Å²) in [6.45, 7) is 7.79. The lowest BCUT2D eigenvalue weighted by molar-refractivity contribution is -0.143.